The molecule has 1 aromatic carbocycles. The molecular weight excluding hydrogens is 308 g/mol. The van der Waals surface area contributed by atoms with Crippen LogP contribution >= 0.6 is 12.4 Å². The van der Waals surface area contributed by atoms with Crippen LogP contribution in [0.5, 0.6) is 17.2 Å². The average molecular weight is 331 g/mol. The Kier molecular flexibility index (Phi) is 6.77. The molecule has 7 heteroatoms. The Balaban J connectivity index is 0.00000242. The Bertz CT molecular complexity index is 499. The van der Waals surface area contributed by atoms with Crippen LogP contribution in [0.4, 0.5) is 0 Å². The van der Waals surface area contributed by atoms with Crippen LogP contribution in [0, 0.1) is 0 Å². The number of piperazine rings is 1. The third kappa shape index (κ3) is 3.75. The summed E-state index contributed by atoms with van der Waals surface area (Å²) in [4.78, 5) is 14.5. The van der Waals surface area contributed by atoms with Crippen molar-refractivity contribution >= 4 is 18.3 Å². The fraction of sp³-hybridized carbons (Fsp3) is 0.533. The van der Waals surface area contributed by atoms with Crippen molar-refractivity contribution in [2.45, 2.75) is 13.0 Å². The summed E-state index contributed by atoms with van der Waals surface area (Å²) in [5, 5.41) is 3.32. The smallest absolute Gasteiger partial charge is 0.254 e. The number of nitrogens with zero attached hydrogens (tertiary/aromatic N) is 1. The summed E-state index contributed by atoms with van der Waals surface area (Å²) >= 11 is 0. The van der Waals surface area contributed by atoms with E-state index in [1.165, 1.54) is 0 Å². The van der Waals surface area contributed by atoms with E-state index in [1.807, 2.05) is 4.90 Å². The number of nitrogens with one attached hydrogen (secondary N) is 1. The molecule has 0 spiro atoms. The van der Waals surface area contributed by atoms with Gasteiger partial charge in [0.2, 0.25) is 5.75 Å². The predicted octanol–water partition coefficient (Wildman–Crippen LogP) is 1.57. The summed E-state index contributed by atoms with van der Waals surface area (Å²) in [6, 6.07) is 3.68. The first kappa shape index (κ1) is 18.4. The van der Waals surface area contributed by atoms with E-state index in [9.17, 15) is 4.79 Å². The van der Waals surface area contributed by atoms with E-state index in [4.69, 9.17) is 14.2 Å². The van der Waals surface area contributed by atoms with Gasteiger partial charge in [0.25, 0.3) is 5.91 Å². The van der Waals surface area contributed by atoms with Gasteiger partial charge in [0.1, 0.15) is 0 Å². The van der Waals surface area contributed by atoms with Crippen LogP contribution < -0.4 is 19.5 Å². The van der Waals surface area contributed by atoms with Gasteiger partial charge in [0.05, 0.1) is 21.3 Å². The molecule has 0 aromatic heterocycles. The Morgan fingerprint density at radius 3 is 2.23 bits per heavy atom. The highest BCUT2D eigenvalue weighted by molar-refractivity contribution is 5.95. The molecule has 1 atom stereocenters. The quantitative estimate of drug-likeness (QED) is 0.908. The summed E-state index contributed by atoms with van der Waals surface area (Å²) in [6.07, 6.45) is 0. The number of ether oxygens (including phenoxy) is 3. The minimum atomic E-state index is -0.0254. The first-order valence-electron chi connectivity index (χ1n) is 6.93. The monoisotopic (exact) mass is 330 g/mol. The number of carbonyl (C=O) groups is 1. The van der Waals surface area contributed by atoms with E-state index >= 15 is 0 Å². The minimum absolute atomic E-state index is 0. The molecule has 6 nitrogen and oxygen atoms in total. The zero-order valence-electron chi connectivity index (χ0n) is 13.3. The fourth-order valence-corrected chi connectivity index (χ4v) is 2.50. The zero-order chi connectivity index (χ0) is 15.4. The normalized spacial score (nSPS) is 17.5. The second-order valence-electron chi connectivity index (χ2n) is 5.02. The van der Waals surface area contributed by atoms with Gasteiger partial charge >= 0.3 is 0 Å². The summed E-state index contributed by atoms with van der Waals surface area (Å²) in [5.74, 6) is 1.44. The van der Waals surface area contributed by atoms with Crippen LogP contribution in [0.25, 0.3) is 0 Å². The van der Waals surface area contributed by atoms with Crippen LogP contribution in [-0.4, -0.2) is 57.8 Å². The molecule has 1 amide bonds. The molecular formula is C15H23ClN2O4. The van der Waals surface area contributed by atoms with Gasteiger partial charge in [0, 0.05) is 31.2 Å². The first-order valence-corrected chi connectivity index (χ1v) is 6.93. The summed E-state index contributed by atoms with van der Waals surface area (Å²) in [6.45, 7) is 4.25. The highest BCUT2D eigenvalue weighted by Crippen LogP contribution is 2.38. The number of carbonyl (C=O) groups excluding carboxylic acids is 1. The standard InChI is InChI=1S/C15H22N2O4.ClH/c1-10-9-17(6-5-16-10)15(18)11-7-12(19-2)14(21-4)13(8-11)20-3;/h7-8,10,16H,5-6,9H2,1-4H3;1H/t10-;/m1./s1. The highest BCUT2D eigenvalue weighted by Gasteiger charge is 2.24. The second-order valence-corrected chi connectivity index (χ2v) is 5.02. The van der Waals surface area contributed by atoms with E-state index in [0.717, 1.165) is 6.54 Å². The van der Waals surface area contributed by atoms with Crippen molar-refractivity contribution in [3.63, 3.8) is 0 Å². The van der Waals surface area contributed by atoms with Crippen molar-refractivity contribution in [1.29, 1.82) is 0 Å². The van der Waals surface area contributed by atoms with Crippen molar-refractivity contribution < 1.29 is 19.0 Å². The van der Waals surface area contributed by atoms with Gasteiger partial charge in [-0.2, -0.15) is 0 Å². The van der Waals surface area contributed by atoms with Crippen molar-refractivity contribution in [2.75, 3.05) is 41.0 Å². The third-order valence-electron chi connectivity index (χ3n) is 3.57. The number of hydrogen-bond donors (Lipinski definition) is 1. The number of benzene rings is 1. The Labute approximate surface area is 137 Å². The van der Waals surface area contributed by atoms with Crippen LogP contribution in [0.15, 0.2) is 12.1 Å². The highest BCUT2D eigenvalue weighted by atomic mass is 35.5. The van der Waals surface area contributed by atoms with Gasteiger partial charge < -0.3 is 24.4 Å². The molecule has 22 heavy (non-hydrogen) atoms. The average Bonchev–Trinajstić information content (AvgIpc) is 2.52. The van der Waals surface area contributed by atoms with Gasteiger partial charge in [-0.05, 0) is 19.1 Å². The van der Waals surface area contributed by atoms with E-state index in [0.29, 0.717) is 41.9 Å². The minimum Gasteiger partial charge on any atom is -0.493 e. The Morgan fingerprint density at radius 2 is 1.77 bits per heavy atom. The van der Waals surface area contributed by atoms with Gasteiger partial charge in [-0.1, -0.05) is 0 Å². The predicted molar refractivity (Wildman–Crippen MR) is 86.7 cm³/mol. The van der Waals surface area contributed by atoms with Crippen LogP contribution in [-0.2, 0) is 0 Å². The lowest BCUT2D eigenvalue weighted by molar-refractivity contribution is 0.0708. The maximum absolute atomic E-state index is 12.6. The van der Waals surface area contributed by atoms with Crippen LogP contribution in [0.2, 0.25) is 0 Å². The molecule has 1 heterocycles. The number of halogens is 1. The van der Waals surface area contributed by atoms with Crippen molar-refractivity contribution in [1.82, 2.24) is 10.2 Å². The van der Waals surface area contributed by atoms with Crippen LogP contribution in [0.1, 0.15) is 17.3 Å². The second kappa shape index (κ2) is 8.10. The molecule has 1 fully saturated rings. The summed E-state index contributed by atoms with van der Waals surface area (Å²) < 4.78 is 15.9. The first-order chi connectivity index (χ1) is 10.1. The van der Waals surface area contributed by atoms with Gasteiger partial charge in [-0.3, -0.25) is 4.79 Å². The lowest BCUT2D eigenvalue weighted by atomic mass is 10.1. The summed E-state index contributed by atoms with van der Waals surface area (Å²) in [7, 11) is 4.62. The molecule has 124 valence electrons. The number of hydrogen-bond acceptors (Lipinski definition) is 5. The number of rotatable bonds is 4. The molecule has 1 aromatic rings. The molecule has 1 aliphatic heterocycles. The Morgan fingerprint density at radius 1 is 1.18 bits per heavy atom. The maximum Gasteiger partial charge on any atom is 0.254 e. The fourth-order valence-electron chi connectivity index (χ4n) is 2.50. The van der Waals surface area contributed by atoms with Gasteiger partial charge in [-0.25, -0.2) is 0 Å². The SMILES string of the molecule is COc1cc(C(=O)N2CCN[C@H](C)C2)cc(OC)c1OC.Cl. The summed E-state index contributed by atoms with van der Waals surface area (Å²) in [5.41, 5.74) is 0.540. The molecule has 2 rings (SSSR count). The molecule has 1 N–H and O–H groups in total. The molecule has 0 bridgehead atoms. The molecule has 1 saturated heterocycles. The molecule has 0 aliphatic carbocycles. The molecule has 0 saturated carbocycles. The van der Waals surface area contributed by atoms with E-state index < -0.39 is 0 Å². The largest absolute Gasteiger partial charge is 0.493 e. The van der Waals surface area contributed by atoms with Gasteiger partial charge in [-0.15, -0.1) is 12.4 Å². The number of methoxy groups -OCH3 is 3. The van der Waals surface area contributed by atoms with Gasteiger partial charge in [0.15, 0.2) is 11.5 Å². The lowest BCUT2D eigenvalue weighted by Crippen LogP contribution is -2.51. The van der Waals surface area contributed by atoms with E-state index in [1.54, 1.807) is 33.5 Å². The third-order valence-corrected chi connectivity index (χ3v) is 3.57. The molecule has 1 aliphatic rings. The van der Waals surface area contributed by atoms with E-state index in [2.05, 4.69) is 12.2 Å². The topological polar surface area (TPSA) is 60.0 Å². The van der Waals surface area contributed by atoms with Crippen molar-refractivity contribution in [3.05, 3.63) is 17.7 Å². The lowest BCUT2D eigenvalue weighted by Gasteiger charge is -2.32. The molecule has 0 unspecified atom stereocenters. The van der Waals surface area contributed by atoms with E-state index in [-0.39, 0.29) is 18.3 Å². The number of amides is 1. The van der Waals surface area contributed by atoms with Crippen LogP contribution in [0.3, 0.4) is 0 Å². The van der Waals surface area contributed by atoms with Crippen molar-refractivity contribution in [2.24, 2.45) is 0 Å². The zero-order valence-corrected chi connectivity index (χ0v) is 14.2. The maximum atomic E-state index is 12.6. The molecule has 0 radical (unpaired) electrons. The Hall–Kier alpha value is -1.66. The van der Waals surface area contributed by atoms with Crippen molar-refractivity contribution in [3.8, 4) is 17.2 Å².